The van der Waals surface area contributed by atoms with Crippen molar-refractivity contribution in [2.75, 3.05) is 0 Å². The van der Waals surface area contributed by atoms with Crippen molar-refractivity contribution in [1.29, 1.82) is 0 Å². The Kier molecular flexibility index (Phi) is 4.42. The first kappa shape index (κ1) is 16.1. The van der Waals surface area contributed by atoms with E-state index in [0.29, 0.717) is 5.39 Å². The predicted molar refractivity (Wildman–Crippen MR) is 106 cm³/mol. The van der Waals surface area contributed by atoms with Crippen LogP contribution < -0.4 is 5.56 Å². The molecule has 1 atom stereocenters. The van der Waals surface area contributed by atoms with Crippen LogP contribution in [0.1, 0.15) is 17.7 Å². The molecule has 5 heteroatoms. The first-order valence-corrected chi connectivity index (χ1v) is 9.77. The fourth-order valence-electron chi connectivity index (χ4n) is 2.73. The highest BCUT2D eigenvalue weighted by Gasteiger charge is 2.17. The van der Waals surface area contributed by atoms with E-state index in [-0.39, 0.29) is 10.8 Å². The molecule has 0 aliphatic rings. The second kappa shape index (κ2) is 6.86. The highest BCUT2D eigenvalue weighted by molar-refractivity contribution is 7.99. The first-order valence-electron chi connectivity index (χ1n) is 8.01. The van der Waals surface area contributed by atoms with Crippen molar-refractivity contribution in [3.63, 3.8) is 0 Å². The Hall–Kier alpha value is -2.37. The Morgan fingerprint density at radius 1 is 1.00 bits per heavy atom. The van der Waals surface area contributed by atoms with E-state index in [9.17, 15) is 4.79 Å². The van der Waals surface area contributed by atoms with Crippen molar-refractivity contribution in [2.45, 2.75) is 17.3 Å². The standard InChI is InChI=1S/C20H16N2OS2/c1-14(15-8-4-2-5-9-15)25-20-21-18-17(12-13-24-18)19(23)22(20)16-10-6-3-7-11-16/h2-14H,1H3/t14-/m1/s1. The summed E-state index contributed by atoms with van der Waals surface area (Å²) in [5.74, 6) is 0. The van der Waals surface area contributed by atoms with E-state index < -0.39 is 0 Å². The summed E-state index contributed by atoms with van der Waals surface area (Å²) in [5.41, 5.74) is 2.05. The summed E-state index contributed by atoms with van der Waals surface area (Å²) in [5, 5.41) is 3.51. The number of hydrogen-bond acceptors (Lipinski definition) is 4. The Labute approximate surface area is 154 Å². The van der Waals surface area contributed by atoms with Crippen LogP contribution in [0.4, 0.5) is 0 Å². The van der Waals surface area contributed by atoms with Gasteiger partial charge in [-0.3, -0.25) is 9.36 Å². The van der Waals surface area contributed by atoms with Crippen LogP contribution in [0.25, 0.3) is 15.9 Å². The number of hydrogen-bond donors (Lipinski definition) is 0. The zero-order valence-electron chi connectivity index (χ0n) is 13.6. The molecule has 0 saturated carbocycles. The van der Waals surface area contributed by atoms with Crippen LogP contribution >= 0.6 is 23.1 Å². The zero-order chi connectivity index (χ0) is 17.2. The maximum absolute atomic E-state index is 13.0. The van der Waals surface area contributed by atoms with Gasteiger partial charge in [0.25, 0.3) is 5.56 Å². The monoisotopic (exact) mass is 364 g/mol. The van der Waals surface area contributed by atoms with Crippen molar-refractivity contribution in [1.82, 2.24) is 9.55 Å². The molecule has 3 nitrogen and oxygen atoms in total. The Bertz CT molecular complexity index is 1060. The van der Waals surface area contributed by atoms with Crippen LogP contribution in [-0.4, -0.2) is 9.55 Å². The molecule has 2 aromatic heterocycles. The average Bonchev–Trinajstić information content (AvgIpc) is 3.12. The van der Waals surface area contributed by atoms with Gasteiger partial charge in [0.1, 0.15) is 4.83 Å². The highest BCUT2D eigenvalue weighted by Crippen LogP contribution is 2.35. The Morgan fingerprint density at radius 3 is 2.40 bits per heavy atom. The molecule has 25 heavy (non-hydrogen) atoms. The van der Waals surface area contributed by atoms with Crippen LogP contribution in [0.5, 0.6) is 0 Å². The molecular formula is C20H16N2OS2. The third-order valence-corrected chi connectivity index (χ3v) is 5.95. The summed E-state index contributed by atoms with van der Waals surface area (Å²) in [6, 6.07) is 21.9. The van der Waals surface area contributed by atoms with E-state index >= 15 is 0 Å². The minimum absolute atomic E-state index is 0.0137. The fraction of sp³-hybridized carbons (Fsp3) is 0.100. The molecule has 0 amide bonds. The second-order valence-electron chi connectivity index (χ2n) is 5.68. The van der Waals surface area contributed by atoms with Gasteiger partial charge in [0, 0.05) is 5.25 Å². The van der Waals surface area contributed by atoms with Crippen molar-refractivity contribution in [3.05, 3.63) is 88.0 Å². The SMILES string of the molecule is C[C@@H](Sc1nc2sccc2c(=O)n1-c1ccccc1)c1ccccc1. The molecule has 0 fully saturated rings. The van der Waals surface area contributed by atoms with Crippen LogP contribution in [0.3, 0.4) is 0 Å². The van der Waals surface area contributed by atoms with Gasteiger partial charge in [-0.05, 0) is 36.1 Å². The maximum atomic E-state index is 13.0. The van der Waals surface area contributed by atoms with E-state index in [2.05, 4.69) is 19.1 Å². The zero-order valence-corrected chi connectivity index (χ0v) is 15.3. The lowest BCUT2D eigenvalue weighted by molar-refractivity contribution is 0.818. The topological polar surface area (TPSA) is 34.9 Å². The Balaban J connectivity index is 1.86. The van der Waals surface area contributed by atoms with E-state index in [1.54, 1.807) is 16.3 Å². The third kappa shape index (κ3) is 3.13. The average molecular weight is 364 g/mol. The summed E-state index contributed by atoms with van der Waals surface area (Å²) in [6.07, 6.45) is 0. The molecule has 0 radical (unpaired) electrons. The van der Waals surface area contributed by atoms with Crippen LogP contribution in [0.2, 0.25) is 0 Å². The lowest BCUT2D eigenvalue weighted by atomic mass is 10.2. The first-order chi connectivity index (χ1) is 12.2. The number of thiophene rings is 1. The quantitative estimate of drug-likeness (QED) is 0.364. The number of thioether (sulfide) groups is 1. The lowest BCUT2D eigenvalue weighted by Gasteiger charge is -2.16. The molecule has 2 heterocycles. The van der Waals surface area contributed by atoms with Crippen molar-refractivity contribution in [2.24, 2.45) is 0 Å². The summed E-state index contributed by atoms with van der Waals surface area (Å²) >= 11 is 3.11. The van der Waals surface area contributed by atoms with Crippen molar-refractivity contribution < 1.29 is 0 Å². The predicted octanol–water partition coefficient (Wildman–Crippen LogP) is 5.30. The number of para-hydroxylation sites is 1. The van der Waals surface area contributed by atoms with E-state index in [1.165, 1.54) is 16.9 Å². The van der Waals surface area contributed by atoms with E-state index in [0.717, 1.165) is 15.7 Å². The number of aromatic nitrogens is 2. The minimum atomic E-state index is -0.0137. The van der Waals surface area contributed by atoms with Gasteiger partial charge in [-0.15, -0.1) is 11.3 Å². The smallest absolute Gasteiger partial charge is 0.267 e. The molecule has 2 aromatic carbocycles. The molecular weight excluding hydrogens is 348 g/mol. The molecule has 4 aromatic rings. The number of fused-ring (bicyclic) bond motifs is 1. The largest absolute Gasteiger partial charge is 0.268 e. The van der Waals surface area contributed by atoms with Gasteiger partial charge in [-0.2, -0.15) is 0 Å². The van der Waals surface area contributed by atoms with Gasteiger partial charge in [0.05, 0.1) is 11.1 Å². The lowest BCUT2D eigenvalue weighted by Crippen LogP contribution is -2.21. The molecule has 0 aliphatic heterocycles. The van der Waals surface area contributed by atoms with Gasteiger partial charge in [-0.1, -0.05) is 60.3 Å². The maximum Gasteiger partial charge on any atom is 0.267 e. The summed E-state index contributed by atoms with van der Waals surface area (Å²) in [7, 11) is 0. The molecule has 0 aliphatic carbocycles. The normalized spacial score (nSPS) is 12.4. The molecule has 4 rings (SSSR count). The molecule has 0 spiro atoms. The minimum Gasteiger partial charge on any atom is -0.268 e. The van der Waals surface area contributed by atoms with Gasteiger partial charge in [0.15, 0.2) is 5.16 Å². The van der Waals surface area contributed by atoms with Gasteiger partial charge in [-0.25, -0.2) is 4.98 Å². The summed E-state index contributed by atoms with van der Waals surface area (Å²) in [6.45, 7) is 2.14. The van der Waals surface area contributed by atoms with Crippen LogP contribution in [-0.2, 0) is 0 Å². The molecule has 0 N–H and O–H groups in total. The van der Waals surface area contributed by atoms with Gasteiger partial charge >= 0.3 is 0 Å². The van der Waals surface area contributed by atoms with E-state index in [1.807, 2.05) is 60.0 Å². The number of benzene rings is 2. The number of rotatable bonds is 4. The van der Waals surface area contributed by atoms with Gasteiger partial charge < -0.3 is 0 Å². The number of nitrogens with zero attached hydrogens (tertiary/aromatic N) is 2. The fourth-order valence-corrected chi connectivity index (χ4v) is 4.59. The highest BCUT2D eigenvalue weighted by atomic mass is 32.2. The van der Waals surface area contributed by atoms with E-state index in [4.69, 9.17) is 4.98 Å². The second-order valence-corrected chi connectivity index (χ2v) is 7.88. The summed E-state index contributed by atoms with van der Waals surface area (Å²) < 4.78 is 1.72. The third-order valence-electron chi connectivity index (χ3n) is 4.03. The Morgan fingerprint density at radius 2 is 1.68 bits per heavy atom. The van der Waals surface area contributed by atoms with Crippen LogP contribution in [0, 0.1) is 0 Å². The van der Waals surface area contributed by atoms with Crippen molar-refractivity contribution >= 4 is 33.3 Å². The molecule has 0 saturated heterocycles. The van der Waals surface area contributed by atoms with Crippen LogP contribution in [0.15, 0.2) is 82.1 Å². The summed E-state index contributed by atoms with van der Waals surface area (Å²) in [4.78, 5) is 18.6. The van der Waals surface area contributed by atoms with Crippen molar-refractivity contribution in [3.8, 4) is 5.69 Å². The molecule has 0 bridgehead atoms. The molecule has 124 valence electrons. The van der Waals surface area contributed by atoms with Gasteiger partial charge in [0.2, 0.25) is 0 Å². The molecule has 0 unspecified atom stereocenters.